The first-order valence-corrected chi connectivity index (χ1v) is 9.00. The lowest BCUT2D eigenvalue weighted by Crippen LogP contribution is -2.15. The molecule has 0 atom stereocenters. The SMILES string of the molecule is COC1(c2nccc(C)c2CSc2nc3c(c(=O)[nH]2)CCO3)CC1. The van der Waals surface area contributed by atoms with Crippen LogP contribution < -0.4 is 10.3 Å². The number of pyridine rings is 1. The monoisotopic (exact) mass is 345 g/mol. The summed E-state index contributed by atoms with van der Waals surface area (Å²) in [6.45, 7) is 2.61. The molecule has 7 heteroatoms. The number of rotatable bonds is 5. The number of fused-ring (bicyclic) bond motifs is 1. The predicted molar refractivity (Wildman–Crippen MR) is 90.5 cm³/mol. The number of ether oxygens (including phenoxy) is 2. The summed E-state index contributed by atoms with van der Waals surface area (Å²) in [5.41, 5.74) is 3.66. The van der Waals surface area contributed by atoms with Gasteiger partial charge >= 0.3 is 0 Å². The van der Waals surface area contributed by atoms with E-state index in [1.807, 2.05) is 12.3 Å². The molecule has 0 spiro atoms. The molecule has 2 aliphatic rings. The van der Waals surface area contributed by atoms with Crippen LogP contribution in [0.15, 0.2) is 22.2 Å². The molecule has 0 bridgehead atoms. The molecule has 0 radical (unpaired) electrons. The Morgan fingerprint density at radius 2 is 2.29 bits per heavy atom. The molecule has 0 unspecified atom stereocenters. The van der Waals surface area contributed by atoms with Gasteiger partial charge in [-0.15, -0.1) is 0 Å². The topological polar surface area (TPSA) is 77.1 Å². The highest BCUT2D eigenvalue weighted by atomic mass is 32.2. The average Bonchev–Trinajstić information content (AvgIpc) is 3.23. The van der Waals surface area contributed by atoms with Gasteiger partial charge in [-0.25, -0.2) is 0 Å². The van der Waals surface area contributed by atoms with Crippen molar-refractivity contribution in [1.29, 1.82) is 0 Å². The minimum Gasteiger partial charge on any atom is -0.477 e. The van der Waals surface area contributed by atoms with E-state index in [2.05, 4.69) is 21.9 Å². The van der Waals surface area contributed by atoms with E-state index in [0.717, 1.165) is 24.1 Å². The highest BCUT2D eigenvalue weighted by Gasteiger charge is 2.47. The highest BCUT2D eigenvalue weighted by Crippen LogP contribution is 2.49. The minimum absolute atomic E-state index is 0.0984. The molecule has 24 heavy (non-hydrogen) atoms. The fourth-order valence-electron chi connectivity index (χ4n) is 3.07. The molecule has 1 aliphatic heterocycles. The van der Waals surface area contributed by atoms with Crippen molar-refractivity contribution in [3.05, 3.63) is 45.0 Å². The number of aromatic nitrogens is 3. The molecule has 6 nitrogen and oxygen atoms in total. The van der Waals surface area contributed by atoms with Crippen molar-refractivity contribution < 1.29 is 9.47 Å². The lowest BCUT2D eigenvalue weighted by molar-refractivity contribution is 0.0745. The third-order valence-corrected chi connectivity index (χ3v) is 5.62. The van der Waals surface area contributed by atoms with E-state index in [4.69, 9.17) is 9.47 Å². The second kappa shape index (κ2) is 5.89. The molecular weight excluding hydrogens is 326 g/mol. The predicted octanol–water partition coefficient (Wildman–Crippen LogP) is 2.34. The minimum atomic E-state index is -0.232. The molecule has 4 rings (SSSR count). The molecule has 126 valence electrons. The number of thioether (sulfide) groups is 1. The lowest BCUT2D eigenvalue weighted by Gasteiger charge is -2.18. The van der Waals surface area contributed by atoms with E-state index < -0.39 is 0 Å². The Labute approximate surface area is 144 Å². The van der Waals surface area contributed by atoms with Crippen LogP contribution in [0, 0.1) is 6.92 Å². The van der Waals surface area contributed by atoms with Crippen molar-refractivity contribution >= 4 is 11.8 Å². The first-order chi connectivity index (χ1) is 11.6. The van der Waals surface area contributed by atoms with Crippen LogP contribution in [0.2, 0.25) is 0 Å². The second-order valence-electron chi connectivity index (χ2n) is 6.20. The third kappa shape index (κ3) is 2.61. The van der Waals surface area contributed by atoms with E-state index in [1.165, 1.54) is 17.3 Å². The third-order valence-electron chi connectivity index (χ3n) is 4.72. The Hall–Kier alpha value is -1.86. The van der Waals surface area contributed by atoms with Crippen LogP contribution >= 0.6 is 11.8 Å². The summed E-state index contributed by atoms with van der Waals surface area (Å²) in [7, 11) is 1.74. The van der Waals surface area contributed by atoms with E-state index >= 15 is 0 Å². The number of nitrogens with one attached hydrogen (secondary N) is 1. The highest BCUT2D eigenvalue weighted by molar-refractivity contribution is 7.98. The van der Waals surface area contributed by atoms with Gasteiger partial charge in [0.25, 0.3) is 5.56 Å². The molecular formula is C17H19N3O3S. The van der Waals surface area contributed by atoms with Gasteiger partial charge in [0, 0.05) is 25.5 Å². The fourth-order valence-corrected chi connectivity index (χ4v) is 4.03. The molecule has 0 aromatic carbocycles. The van der Waals surface area contributed by atoms with Crippen molar-refractivity contribution in [3.8, 4) is 5.88 Å². The van der Waals surface area contributed by atoms with Crippen LogP contribution in [0.25, 0.3) is 0 Å². The Kier molecular flexibility index (Phi) is 3.85. The van der Waals surface area contributed by atoms with E-state index in [0.29, 0.717) is 35.4 Å². The molecule has 0 amide bonds. The van der Waals surface area contributed by atoms with Gasteiger partial charge in [-0.2, -0.15) is 4.98 Å². The number of H-pyrrole nitrogens is 1. The van der Waals surface area contributed by atoms with Gasteiger partial charge in [0.2, 0.25) is 5.88 Å². The summed E-state index contributed by atoms with van der Waals surface area (Å²) in [4.78, 5) is 23.9. The van der Waals surface area contributed by atoms with E-state index in [1.54, 1.807) is 7.11 Å². The largest absolute Gasteiger partial charge is 0.477 e. The first-order valence-electron chi connectivity index (χ1n) is 8.02. The molecule has 2 aromatic heterocycles. The Bertz CT molecular complexity index is 845. The summed E-state index contributed by atoms with van der Waals surface area (Å²) in [5.74, 6) is 1.15. The smallest absolute Gasteiger partial charge is 0.258 e. The van der Waals surface area contributed by atoms with Gasteiger partial charge in [0.15, 0.2) is 5.16 Å². The lowest BCUT2D eigenvalue weighted by atomic mass is 10.0. The summed E-state index contributed by atoms with van der Waals surface area (Å²) in [5, 5.41) is 0.581. The molecule has 0 saturated heterocycles. The first kappa shape index (κ1) is 15.7. The Balaban J connectivity index is 1.61. The fraction of sp³-hybridized carbons (Fsp3) is 0.471. The quantitative estimate of drug-likeness (QED) is 0.662. The standard InChI is InChI=1S/C17H19N3O3S/c1-10-3-7-18-13(17(22-2)5-6-17)12(10)9-24-16-19-14(21)11-4-8-23-15(11)20-16/h3,7H,4-6,8-9H2,1-2H3,(H,19,20,21). The Morgan fingerprint density at radius 1 is 1.46 bits per heavy atom. The maximum Gasteiger partial charge on any atom is 0.258 e. The number of methoxy groups -OCH3 is 1. The van der Waals surface area contributed by atoms with Gasteiger partial charge in [0.05, 0.1) is 17.9 Å². The van der Waals surface area contributed by atoms with Crippen LogP contribution in [0.4, 0.5) is 0 Å². The summed E-state index contributed by atoms with van der Waals surface area (Å²) in [6, 6.07) is 2.01. The van der Waals surface area contributed by atoms with Gasteiger partial charge in [0.1, 0.15) is 5.60 Å². The maximum atomic E-state index is 12.1. The number of aromatic amines is 1. The van der Waals surface area contributed by atoms with Crippen LogP contribution in [0.3, 0.4) is 0 Å². The molecule has 1 fully saturated rings. The molecule has 1 N–H and O–H groups in total. The number of hydrogen-bond donors (Lipinski definition) is 1. The zero-order valence-corrected chi connectivity index (χ0v) is 14.5. The summed E-state index contributed by atoms with van der Waals surface area (Å²) >= 11 is 1.49. The van der Waals surface area contributed by atoms with Crippen LogP contribution in [-0.2, 0) is 22.5 Å². The van der Waals surface area contributed by atoms with Crippen molar-refractivity contribution in [2.45, 2.75) is 42.7 Å². The molecule has 1 aliphatic carbocycles. The van der Waals surface area contributed by atoms with Gasteiger partial charge in [-0.05, 0) is 37.0 Å². The van der Waals surface area contributed by atoms with Crippen LogP contribution in [0.1, 0.15) is 35.2 Å². The number of nitrogens with zero attached hydrogens (tertiary/aromatic N) is 2. The van der Waals surface area contributed by atoms with Crippen molar-refractivity contribution in [2.75, 3.05) is 13.7 Å². The average molecular weight is 345 g/mol. The van der Waals surface area contributed by atoms with Crippen LogP contribution in [0.5, 0.6) is 5.88 Å². The van der Waals surface area contributed by atoms with Crippen molar-refractivity contribution in [3.63, 3.8) is 0 Å². The summed E-state index contributed by atoms with van der Waals surface area (Å²) < 4.78 is 11.1. The van der Waals surface area contributed by atoms with Gasteiger partial charge in [-0.3, -0.25) is 9.78 Å². The maximum absolute atomic E-state index is 12.1. The van der Waals surface area contributed by atoms with Crippen LogP contribution in [-0.4, -0.2) is 28.7 Å². The molecule has 1 saturated carbocycles. The van der Waals surface area contributed by atoms with Crippen molar-refractivity contribution in [1.82, 2.24) is 15.0 Å². The normalized spacial score (nSPS) is 17.4. The number of hydrogen-bond acceptors (Lipinski definition) is 6. The number of aryl methyl sites for hydroxylation is 1. The Morgan fingerprint density at radius 3 is 3.04 bits per heavy atom. The van der Waals surface area contributed by atoms with Crippen molar-refractivity contribution in [2.24, 2.45) is 0 Å². The molecule has 2 aromatic rings. The molecule has 3 heterocycles. The van der Waals surface area contributed by atoms with E-state index in [-0.39, 0.29) is 11.2 Å². The van der Waals surface area contributed by atoms with E-state index in [9.17, 15) is 4.79 Å². The zero-order chi connectivity index (χ0) is 16.7. The second-order valence-corrected chi connectivity index (χ2v) is 7.16. The summed E-state index contributed by atoms with van der Waals surface area (Å²) in [6.07, 6.45) is 4.46. The zero-order valence-electron chi connectivity index (χ0n) is 13.7. The van der Waals surface area contributed by atoms with Gasteiger partial charge in [-0.1, -0.05) is 11.8 Å². The van der Waals surface area contributed by atoms with Gasteiger partial charge < -0.3 is 14.5 Å².